The third kappa shape index (κ3) is 8.33. The normalized spacial score (nSPS) is 14.5. The van der Waals surface area contributed by atoms with Crippen molar-refractivity contribution in [2.75, 3.05) is 24.5 Å². The molecule has 1 N–H and O–H groups in total. The molecule has 10 heteroatoms. The molecule has 44 heavy (non-hydrogen) atoms. The van der Waals surface area contributed by atoms with Crippen molar-refractivity contribution in [1.29, 1.82) is 0 Å². The van der Waals surface area contributed by atoms with Crippen molar-refractivity contribution in [2.45, 2.75) is 75.8 Å². The molecule has 0 unspecified atom stereocenters. The zero-order chi connectivity index (χ0) is 31.7. The number of aryl methyl sites for hydroxylation is 1. The number of ether oxygens (including phenoxy) is 1. The summed E-state index contributed by atoms with van der Waals surface area (Å²) >= 11 is 6.33. The van der Waals surface area contributed by atoms with Crippen LogP contribution in [0.1, 0.15) is 56.6 Å². The summed E-state index contributed by atoms with van der Waals surface area (Å²) in [4.78, 5) is 29.6. The van der Waals surface area contributed by atoms with Crippen molar-refractivity contribution in [3.8, 4) is 5.75 Å². The molecular formula is C34H42ClN3O5S. The van der Waals surface area contributed by atoms with Crippen LogP contribution in [0.4, 0.5) is 5.69 Å². The Morgan fingerprint density at radius 3 is 2.32 bits per heavy atom. The summed E-state index contributed by atoms with van der Waals surface area (Å²) < 4.78 is 34.9. The molecule has 1 aliphatic carbocycles. The van der Waals surface area contributed by atoms with E-state index < -0.39 is 28.5 Å². The van der Waals surface area contributed by atoms with Crippen LogP contribution in [0.5, 0.6) is 5.75 Å². The molecule has 0 radical (unpaired) electrons. The van der Waals surface area contributed by atoms with Crippen LogP contribution in [0.3, 0.4) is 0 Å². The molecule has 0 heterocycles. The summed E-state index contributed by atoms with van der Waals surface area (Å²) in [6.07, 6.45) is 5.99. The van der Waals surface area contributed by atoms with E-state index in [9.17, 15) is 18.0 Å². The van der Waals surface area contributed by atoms with E-state index in [0.29, 0.717) is 12.8 Å². The lowest BCUT2D eigenvalue weighted by molar-refractivity contribution is -0.140. The number of nitrogens with one attached hydrogen (secondary N) is 1. The van der Waals surface area contributed by atoms with Gasteiger partial charge in [0.05, 0.1) is 17.7 Å². The molecule has 1 saturated carbocycles. The molecule has 1 aliphatic rings. The first-order chi connectivity index (χ1) is 21.1. The minimum atomic E-state index is -4.24. The second kappa shape index (κ2) is 15.4. The summed E-state index contributed by atoms with van der Waals surface area (Å²) in [5.74, 6) is -0.464. The maximum atomic E-state index is 14.3. The van der Waals surface area contributed by atoms with E-state index in [2.05, 4.69) is 5.32 Å². The highest BCUT2D eigenvalue weighted by atomic mass is 35.5. The van der Waals surface area contributed by atoms with Crippen LogP contribution in [0.2, 0.25) is 5.02 Å². The second-order valence-electron chi connectivity index (χ2n) is 11.2. The lowest BCUT2D eigenvalue weighted by atomic mass is 9.95. The van der Waals surface area contributed by atoms with Crippen molar-refractivity contribution >= 4 is 39.1 Å². The van der Waals surface area contributed by atoms with Gasteiger partial charge in [-0.15, -0.1) is 0 Å². The highest BCUT2D eigenvalue weighted by molar-refractivity contribution is 7.92. The third-order valence-corrected chi connectivity index (χ3v) is 10.1. The van der Waals surface area contributed by atoms with Gasteiger partial charge in [0.25, 0.3) is 10.0 Å². The Balaban J connectivity index is 1.72. The maximum absolute atomic E-state index is 14.3. The van der Waals surface area contributed by atoms with Crippen molar-refractivity contribution in [3.63, 3.8) is 0 Å². The first-order valence-corrected chi connectivity index (χ1v) is 17.0. The fourth-order valence-electron chi connectivity index (χ4n) is 5.65. The molecule has 3 aromatic carbocycles. The van der Waals surface area contributed by atoms with Gasteiger partial charge in [0, 0.05) is 17.6 Å². The highest BCUT2D eigenvalue weighted by Gasteiger charge is 2.35. The molecule has 0 spiro atoms. The maximum Gasteiger partial charge on any atom is 0.264 e. The van der Waals surface area contributed by atoms with E-state index in [1.165, 1.54) is 30.2 Å². The Kier molecular flexibility index (Phi) is 11.7. The average molecular weight is 640 g/mol. The molecule has 0 aromatic heterocycles. The number of anilines is 1. The van der Waals surface area contributed by atoms with Crippen LogP contribution in [0, 0.1) is 6.92 Å². The van der Waals surface area contributed by atoms with Gasteiger partial charge in [0.2, 0.25) is 11.8 Å². The predicted octanol–water partition coefficient (Wildman–Crippen LogP) is 6.15. The molecule has 0 bridgehead atoms. The van der Waals surface area contributed by atoms with Crippen molar-refractivity contribution in [3.05, 3.63) is 88.9 Å². The van der Waals surface area contributed by atoms with E-state index in [-0.39, 0.29) is 39.8 Å². The van der Waals surface area contributed by atoms with Gasteiger partial charge in [-0.2, -0.15) is 0 Å². The number of carbonyl (C=O) groups excluding carboxylic acids is 2. The largest absolute Gasteiger partial charge is 0.495 e. The lowest BCUT2D eigenvalue weighted by Gasteiger charge is -2.34. The fraction of sp³-hybridized carbons (Fsp3) is 0.412. The number of sulfonamides is 1. The molecule has 4 rings (SSSR count). The quantitative estimate of drug-likeness (QED) is 0.242. The summed E-state index contributed by atoms with van der Waals surface area (Å²) in [6, 6.07) is 20.1. The number of carbonyl (C=O) groups is 2. The molecule has 0 aliphatic heterocycles. The van der Waals surface area contributed by atoms with Gasteiger partial charge in [0.1, 0.15) is 18.3 Å². The number of nitrogens with zero attached hydrogens (tertiary/aromatic N) is 2. The van der Waals surface area contributed by atoms with Crippen LogP contribution < -0.4 is 14.4 Å². The number of hydrogen-bond donors (Lipinski definition) is 1. The summed E-state index contributed by atoms with van der Waals surface area (Å²) in [6.45, 7) is 3.43. The van der Waals surface area contributed by atoms with Gasteiger partial charge >= 0.3 is 0 Å². The molecule has 1 atom stereocenters. The van der Waals surface area contributed by atoms with Crippen LogP contribution in [-0.4, -0.2) is 57.4 Å². The summed E-state index contributed by atoms with van der Waals surface area (Å²) in [7, 11) is -2.81. The highest BCUT2D eigenvalue weighted by Crippen LogP contribution is 2.35. The first kappa shape index (κ1) is 33.3. The number of hydrogen-bond acceptors (Lipinski definition) is 5. The SMILES string of the molecule is CC[C@@H](C(=O)NC1CCCCC1)N(CCc1ccccc1)C(=O)CN(c1cc(Cl)ccc1OC)S(=O)(=O)c1ccc(C)cc1. The van der Waals surface area contributed by atoms with Crippen molar-refractivity contribution < 1.29 is 22.7 Å². The number of methoxy groups -OCH3 is 1. The number of benzene rings is 3. The zero-order valence-corrected chi connectivity index (χ0v) is 27.2. The van der Waals surface area contributed by atoms with Gasteiger partial charge in [0.15, 0.2) is 0 Å². The first-order valence-electron chi connectivity index (χ1n) is 15.2. The van der Waals surface area contributed by atoms with Gasteiger partial charge in [-0.05, 0) is 68.5 Å². The average Bonchev–Trinajstić information content (AvgIpc) is 3.02. The Bertz CT molecular complexity index is 1510. The van der Waals surface area contributed by atoms with E-state index in [4.69, 9.17) is 16.3 Å². The molecular weight excluding hydrogens is 598 g/mol. The Labute approximate surface area is 266 Å². The number of halogens is 1. The van der Waals surface area contributed by atoms with Gasteiger partial charge < -0.3 is 15.0 Å². The topological polar surface area (TPSA) is 96.0 Å². The van der Waals surface area contributed by atoms with Gasteiger partial charge in [-0.25, -0.2) is 8.42 Å². The second-order valence-corrected chi connectivity index (χ2v) is 13.5. The summed E-state index contributed by atoms with van der Waals surface area (Å²) in [5.41, 5.74) is 2.04. The van der Waals surface area contributed by atoms with E-state index >= 15 is 0 Å². The Hall–Kier alpha value is -3.56. The third-order valence-electron chi connectivity index (χ3n) is 8.12. The lowest BCUT2D eigenvalue weighted by Crippen LogP contribution is -2.54. The molecule has 3 aromatic rings. The van der Waals surface area contributed by atoms with Crippen LogP contribution in [0.15, 0.2) is 77.7 Å². The van der Waals surface area contributed by atoms with Crippen LogP contribution >= 0.6 is 11.6 Å². The van der Waals surface area contributed by atoms with Gasteiger partial charge in [-0.3, -0.25) is 13.9 Å². The standard InChI is InChI=1S/C34H42ClN3O5S/c1-4-30(34(40)36-28-13-9-6-10-14-28)37(22-21-26-11-7-5-8-12-26)33(39)24-38(31-23-27(35)17-20-32(31)43-3)44(41,42)29-18-15-25(2)16-19-29/h5,7-8,11-12,15-20,23,28,30H,4,6,9-10,13-14,21-22,24H2,1-3H3,(H,36,40)/t30-/m0/s1. The van der Waals surface area contributed by atoms with E-state index in [1.807, 2.05) is 44.2 Å². The van der Waals surface area contributed by atoms with E-state index in [1.54, 1.807) is 24.3 Å². The number of amides is 2. The molecule has 0 saturated heterocycles. The summed E-state index contributed by atoms with van der Waals surface area (Å²) in [5, 5.41) is 3.46. The van der Waals surface area contributed by atoms with Crippen LogP contribution in [0.25, 0.3) is 0 Å². The minimum absolute atomic E-state index is 0.0239. The molecule has 1 fully saturated rings. The molecule has 8 nitrogen and oxygen atoms in total. The Morgan fingerprint density at radius 1 is 1.00 bits per heavy atom. The molecule has 2 amide bonds. The zero-order valence-electron chi connectivity index (χ0n) is 25.7. The molecule has 236 valence electrons. The van der Waals surface area contributed by atoms with E-state index in [0.717, 1.165) is 47.5 Å². The minimum Gasteiger partial charge on any atom is -0.495 e. The monoisotopic (exact) mass is 639 g/mol. The fourth-order valence-corrected chi connectivity index (χ4v) is 7.23. The number of rotatable bonds is 13. The van der Waals surface area contributed by atoms with Gasteiger partial charge in [-0.1, -0.05) is 85.8 Å². The Morgan fingerprint density at radius 2 is 1.68 bits per heavy atom. The van der Waals surface area contributed by atoms with Crippen molar-refractivity contribution in [1.82, 2.24) is 10.2 Å². The van der Waals surface area contributed by atoms with Crippen molar-refractivity contribution in [2.24, 2.45) is 0 Å². The van der Waals surface area contributed by atoms with Crippen LogP contribution in [-0.2, 0) is 26.0 Å². The predicted molar refractivity (Wildman–Crippen MR) is 175 cm³/mol. The smallest absolute Gasteiger partial charge is 0.264 e.